The zero-order chi connectivity index (χ0) is 22.1. The quantitative estimate of drug-likeness (QED) is 0.683. The first-order valence-corrected chi connectivity index (χ1v) is 10.2. The van der Waals surface area contributed by atoms with Crippen molar-refractivity contribution in [1.82, 2.24) is 20.0 Å². The number of hydrogen-bond donors (Lipinski definition) is 2. The molecule has 0 saturated carbocycles. The lowest BCUT2D eigenvalue weighted by molar-refractivity contribution is -0.130. The van der Waals surface area contributed by atoms with Crippen molar-refractivity contribution in [3.8, 4) is 0 Å². The molecule has 2 aromatic rings. The van der Waals surface area contributed by atoms with Gasteiger partial charge < -0.3 is 10.6 Å². The van der Waals surface area contributed by atoms with Crippen molar-refractivity contribution in [1.29, 1.82) is 0 Å². The molecule has 1 fully saturated rings. The summed E-state index contributed by atoms with van der Waals surface area (Å²) in [5.41, 5.74) is 2.41. The first kappa shape index (κ1) is 21.5. The van der Waals surface area contributed by atoms with E-state index >= 15 is 0 Å². The fraction of sp³-hybridized carbons (Fsp3) is 0.455. The predicted molar refractivity (Wildman–Crippen MR) is 114 cm³/mol. The molecule has 4 amide bonds. The highest BCUT2D eigenvalue weighted by Crippen LogP contribution is 2.22. The standard InChI is InChI=1S/C22H29N5O3/c1-6-7-18(27-15(3)12-14(2)25-27)19(28)23-17-10-8-16(9-11-17)13-26-20(29)22(4,5)24-21(26)30/h8-12,18H,6-7,13H2,1-5H3,(H,23,28)(H,24,30). The first-order chi connectivity index (χ1) is 14.1. The van der Waals surface area contributed by atoms with Crippen molar-refractivity contribution in [2.45, 2.75) is 65.6 Å². The number of urea groups is 1. The van der Waals surface area contributed by atoms with Crippen LogP contribution in [0.15, 0.2) is 30.3 Å². The van der Waals surface area contributed by atoms with Gasteiger partial charge in [0.15, 0.2) is 0 Å². The van der Waals surface area contributed by atoms with Crippen LogP contribution in [-0.4, -0.2) is 38.1 Å². The van der Waals surface area contributed by atoms with E-state index in [1.807, 2.05) is 26.8 Å². The molecule has 1 unspecified atom stereocenters. The van der Waals surface area contributed by atoms with E-state index in [9.17, 15) is 14.4 Å². The highest BCUT2D eigenvalue weighted by Gasteiger charge is 2.44. The first-order valence-electron chi connectivity index (χ1n) is 10.2. The number of aromatic nitrogens is 2. The fourth-order valence-electron chi connectivity index (χ4n) is 3.66. The van der Waals surface area contributed by atoms with Gasteiger partial charge in [-0.15, -0.1) is 0 Å². The van der Waals surface area contributed by atoms with Gasteiger partial charge in [0.25, 0.3) is 5.91 Å². The maximum absolute atomic E-state index is 12.9. The third-order valence-corrected chi connectivity index (χ3v) is 5.21. The van der Waals surface area contributed by atoms with E-state index in [1.165, 1.54) is 4.90 Å². The Bertz CT molecular complexity index is 962. The molecule has 8 heteroatoms. The summed E-state index contributed by atoms with van der Waals surface area (Å²) < 4.78 is 1.78. The Kier molecular flexibility index (Phi) is 5.96. The number of hydrogen-bond acceptors (Lipinski definition) is 4. The van der Waals surface area contributed by atoms with Crippen LogP contribution in [0.2, 0.25) is 0 Å². The largest absolute Gasteiger partial charge is 0.325 e. The molecular weight excluding hydrogens is 382 g/mol. The third-order valence-electron chi connectivity index (χ3n) is 5.21. The molecule has 0 spiro atoms. The van der Waals surface area contributed by atoms with Crippen LogP contribution in [0.1, 0.15) is 56.6 Å². The number of imide groups is 1. The van der Waals surface area contributed by atoms with E-state index in [0.717, 1.165) is 23.4 Å². The Balaban J connectivity index is 1.69. The summed E-state index contributed by atoms with van der Waals surface area (Å²) in [7, 11) is 0. The lowest BCUT2D eigenvalue weighted by atomic mass is 10.1. The van der Waals surface area contributed by atoms with Gasteiger partial charge in [-0.25, -0.2) is 4.79 Å². The molecule has 0 bridgehead atoms. The van der Waals surface area contributed by atoms with Gasteiger partial charge in [-0.1, -0.05) is 25.5 Å². The summed E-state index contributed by atoms with van der Waals surface area (Å²) >= 11 is 0. The van der Waals surface area contributed by atoms with Crippen LogP contribution in [0.5, 0.6) is 0 Å². The molecule has 0 aliphatic carbocycles. The lowest BCUT2D eigenvalue weighted by Crippen LogP contribution is -2.40. The minimum atomic E-state index is -0.887. The molecule has 1 atom stereocenters. The monoisotopic (exact) mass is 411 g/mol. The summed E-state index contributed by atoms with van der Waals surface area (Å²) in [5.74, 6) is -0.371. The van der Waals surface area contributed by atoms with E-state index in [1.54, 1.807) is 42.8 Å². The number of nitrogens with one attached hydrogen (secondary N) is 2. The minimum absolute atomic E-state index is 0.119. The van der Waals surface area contributed by atoms with E-state index in [-0.39, 0.29) is 24.4 Å². The van der Waals surface area contributed by atoms with Crippen LogP contribution >= 0.6 is 0 Å². The molecule has 160 valence electrons. The van der Waals surface area contributed by atoms with Crippen LogP contribution in [0.4, 0.5) is 10.5 Å². The van der Waals surface area contributed by atoms with Gasteiger partial charge >= 0.3 is 6.03 Å². The molecule has 30 heavy (non-hydrogen) atoms. The average molecular weight is 412 g/mol. The highest BCUT2D eigenvalue weighted by atomic mass is 16.2. The van der Waals surface area contributed by atoms with Gasteiger partial charge in [0.1, 0.15) is 11.6 Å². The van der Waals surface area contributed by atoms with Gasteiger partial charge in [-0.2, -0.15) is 5.10 Å². The number of carbonyl (C=O) groups is 3. The van der Waals surface area contributed by atoms with E-state index in [0.29, 0.717) is 12.1 Å². The molecule has 1 aromatic carbocycles. The van der Waals surface area contributed by atoms with Crippen molar-refractivity contribution in [2.75, 3.05) is 5.32 Å². The van der Waals surface area contributed by atoms with Gasteiger partial charge in [0.2, 0.25) is 5.91 Å². The molecule has 1 aromatic heterocycles. The molecule has 0 radical (unpaired) electrons. The van der Waals surface area contributed by atoms with Crippen molar-refractivity contribution >= 4 is 23.5 Å². The predicted octanol–water partition coefficient (Wildman–Crippen LogP) is 3.31. The smallest absolute Gasteiger partial charge is 0.324 e. The van der Waals surface area contributed by atoms with E-state index < -0.39 is 11.6 Å². The second-order valence-corrected chi connectivity index (χ2v) is 8.31. The second-order valence-electron chi connectivity index (χ2n) is 8.31. The molecule has 1 saturated heterocycles. The van der Waals surface area contributed by atoms with Crippen LogP contribution < -0.4 is 10.6 Å². The molecular formula is C22H29N5O3. The number of carbonyl (C=O) groups excluding carboxylic acids is 3. The van der Waals surface area contributed by atoms with Crippen LogP contribution in [0, 0.1) is 13.8 Å². The number of rotatable bonds is 7. The maximum Gasteiger partial charge on any atom is 0.325 e. The fourth-order valence-corrected chi connectivity index (χ4v) is 3.66. The Hall–Kier alpha value is -3.16. The van der Waals surface area contributed by atoms with Gasteiger partial charge in [0, 0.05) is 11.4 Å². The van der Waals surface area contributed by atoms with Gasteiger partial charge in [0.05, 0.1) is 12.2 Å². The number of benzene rings is 1. The zero-order valence-electron chi connectivity index (χ0n) is 18.2. The zero-order valence-corrected chi connectivity index (χ0v) is 18.2. The topological polar surface area (TPSA) is 96.3 Å². The second kappa shape index (κ2) is 8.30. The SMILES string of the molecule is CCCC(C(=O)Nc1ccc(CN2C(=O)NC(C)(C)C2=O)cc1)n1nc(C)cc1C. The summed E-state index contributed by atoms with van der Waals surface area (Å²) in [5, 5.41) is 10.1. The van der Waals surface area contributed by atoms with Crippen LogP contribution in [-0.2, 0) is 16.1 Å². The van der Waals surface area contributed by atoms with Crippen LogP contribution in [0.3, 0.4) is 0 Å². The van der Waals surface area contributed by atoms with E-state index in [2.05, 4.69) is 15.7 Å². The maximum atomic E-state index is 12.9. The Labute approximate surface area is 176 Å². The summed E-state index contributed by atoms with van der Waals surface area (Å²) in [6.45, 7) is 9.45. The van der Waals surface area contributed by atoms with Crippen molar-refractivity contribution in [3.63, 3.8) is 0 Å². The summed E-state index contributed by atoms with van der Waals surface area (Å²) in [6, 6.07) is 8.36. The third kappa shape index (κ3) is 4.37. The number of nitrogens with zero attached hydrogens (tertiary/aromatic N) is 3. The summed E-state index contributed by atoms with van der Waals surface area (Å²) in [4.78, 5) is 38.5. The highest BCUT2D eigenvalue weighted by molar-refractivity contribution is 6.06. The Morgan fingerprint density at radius 1 is 1.20 bits per heavy atom. The normalized spacial score (nSPS) is 16.5. The number of anilines is 1. The molecule has 2 N–H and O–H groups in total. The Morgan fingerprint density at radius 2 is 1.87 bits per heavy atom. The minimum Gasteiger partial charge on any atom is -0.324 e. The molecule has 2 heterocycles. The molecule has 3 rings (SSSR count). The van der Waals surface area contributed by atoms with Crippen LogP contribution in [0.25, 0.3) is 0 Å². The summed E-state index contributed by atoms with van der Waals surface area (Å²) in [6.07, 6.45) is 1.55. The van der Waals surface area contributed by atoms with Crippen molar-refractivity contribution < 1.29 is 14.4 Å². The van der Waals surface area contributed by atoms with Crippen molar-refractivity contribution in [2.24, 2.45) is 0 Å². The number of aryl methyl sites for hydroxylation is 2. The molecule has 8 nitrogen and oxygen atoms in total. The van der Waals surface area contributed by atoms with Gasteiger partial charge in [-0.05, 0) is 57.9 Å². The van der Waals surface area contributed by atoms with Crippen molar-refractivity contribution in [3.05, 3.63) is 47.3 Å². The van der Waals surface area contributed by atoms with Gasteiger partial charge in [-0.3, -0.25) is 19.2 Å². The lowest BCUT2D eigenvalue weighted by Gasteiger charge is -2.19. The average Bonchev–Trinajstić information content (AvgIpc) is 3.10. The number of amides is 4. The molecule has 1 aliphatic rings. The molecule has 1 aliphatic heterocycles. The van der Waals surface area contributed by atoms with E-state index in [4.69, 9.17) is 0 Å². The Morgan fingerprint density at radius 3 is 2.37 bits per heavy atom.